The van der Waals surface area contributed by atoms with Gasteiger partial charge in [-0.3, -0.25) is 14.4 Å². The average Bonchev–Trinajstić information content (AvgIpc) is 3.52. The van der Waals surface area contributed by atoms with Crippen LogP contribution in [-0.2, 0) is 19.1 Å². The summed E-state index contributed by atoms with van der Waals surface area (Å²) in [4.78, 5) is 45.7. The lowest BCUT2D eigenvalue weighted by Crippen LogP contribution is -2.55. The third-order valence-electron chi connectivity index (χ3n) is 8.79. The highest BCUT2D eigenvalue weighted by molar-refractivity contribution is 8.02. The van der Waals surface area contributed by atoms with Crippen molar-refractivity contribution in [3.05, 3.63) is 67.8 Å². The van der Waals surface area contributed by atoms with Crippen LogP contribution in [0.2, 0.25) is 0 Å². The predicted octanol–water partition coefficient (Wildman–Crippen LogP) is 4.73. The molecule has 2 amide bonds. The molecule has 0 aliphatic carbocycles. The number of hydrogen-bond donors (Lipinski definition) is 1. The predicted molar refractivity (Wildman–Crippen MR) is 159 cm³/mol. The molecule has 5 rings (SSSR count). The molecule has 8 heteroatoms. The van der Waals surface area contributed by atoms with E-state index in [1.165, 1.54) is 6.08 Å². The van der Waals surface area contributed by atoms with Crippen LogP contribution in [0.25, 0.3) is 10.8 Å². The number of likely N-dealkylation sites (tertiary alicyclic amines) is 1. The van der Waals surface area contributed by atoms with Crippen LogP contribution in [0.1, 0.15) is 39.0 Å². The number of rotatable bonds is 12. The van der Waals surface area contributed by atoms with Gasteiger partial charge in [0, 0.05) is 30.1 Å². The number of aliphatic hydroxyl groups is 1. The number of thioether (sulfide) groups is 1. The minimum atomic E-state index is -0.714. The van der Waals surface area contributed by atoms with Gasteiger partial charge in [0.25, 0.3) is 5.91 Å². The molecule has 1 spiro atoms. The Bertz CT molecular complexity index is 1330. The molecule has 3 fully saturated rings. The van der Waals surface area contributed by atoms with Crippen LogP contribution >= 0.6 is 11.8 Å². The smallest absolute Gasteiger partial charge is 0.311 e. The van der Waals surface area contributed by atoms with Gasteiger partial charge in [0.1, 0.15) is 12.6 Å². The number of ether oxygens (including phenoxy) is 1. The minimum absolute atomic E-state index is 0.0867. The largest absolute Gasteiger partial charge is 0.461 e. The summed E-state index contributed by atoms with van der Waals surface area (Å²) in [6.07, 6.45) is 6.70. The summed E-state index contributed by atoms with van der Waals surface area (Å²) >= 11 is 1.64. The Morgan fingerprint density at radius 1 is 1.12 bits per heavy atom. The molecule has 3 aliphatic heterocycles. The Morgan fingerprint density at radius 3 is 2.62 bits per heavy atom. The molecule has 0 saturated carbocycles. The average molecular weight is 563 g/mol. The van der Waals surface area contributed by atoms with E-state index in [-0.39, 0.29) is 31.0 Å². The van der Waals surface area contributed by atoms with Crippen molar-refractivity contribution in [3.63, 3.8) is 0 Å². The highest BCUT2D eigenvalue weighted by Crippen LogP contribution is 2.71. The number of esters is 1. The summed E-state index contributed by atoms with van der Waals surface area (Å²) in [6.45, 7) is 10.5. The zero-order valence-electron chi connectivity index (χ0n) is 23.1. The number of aliphatic hydroxyl groups excluding tert-OH is 1. The second kappa shape index (κ2) is 11.4. The standard InChI is InChI=1S/C32H38N2O5S/c1-4-17-33(24-14-13-22-11-7-8-12-23(22)21-24)29(37)27-32-16-15-31(3,40-32)26(30(38)39-20-5-2)25(32)28(36)34(27)18-9-6-10-19-35/h4-5,7-8,11-14,21,25-27,35H,1-2,6,9-10,15-20H2,3H3/t25-,26+,27?,31-,32?/m0/s1. The van der Waals surface area contributed by atoms with Crippen molar-refractivity contribution in [1.82, 2.24) is 4.90 Å². The highest BCUT2D eigenvalue weighted by atomic mass is 32.2. The SMILES string of the molecule is C=CCOC(=O)[C@H]1[C@H]2C(=O)N(CCCCCO)C(C(=O)N(CC=C)c3ccc4ccccc4c3)C23CC[C@]1(C)S3. The van der Waals surface area contributed by atoms with Crippen molar-refractivity contribution in [2.45, 2.75) is 54.6 Å². The van der Waals surface area contributed by atoms with Crippen LogP contribution in [0, 0.1) is 11.8 Å². The Hall–Kier alpha value is -3.10. The van der Waals surface area contributed by atoms with Gasteiger partial charge in [-0.1, -0.05) is 49.1 Å². The molecule has 2 aromatic carbocycles. The molecular formula is C32H38N2O5S. The van der Waals surface area contributed by atoms with E-state index in [9.17, 15) is 19.5 Å². The number of fused-ring (bicyclic) bond motifs is 2. The molecule has 2 unspecified atom stereocenters. The number of carbonyl (C=O) groups excluding carboxylic acids is 3. The van der Waals surface area contributed by atoms with Crippen LogP contribution in [0.15, 0.2) is 67.8 Å². The number of benzene rings is 2. The van der Waals surface area contributed by atoms with Crippen molar-refractivity contribution in [1.29, 1.82) is 0 Å². The molecule has 2 aromatic rings. The van der Waals surface area contributed by atoms with Gasteiger partial charge in [-0.2, -0.15) is 0 Å². The molecule has 212 valence electrons. The van der Waals surface area contributed by atoms with E-state index in [2.05, 4.69) is 13.2 Å². The lowest BCUT2D eigenvalue weighted by molar-refractivity contribution is -0.154. The van der Waals surface area contributed by atoms with Crippen molar-refractivity contribution in [2.24, 2.45) is 11.8 Å². The quantitative estimate of drug-likeness (QED) is 0.229. The Morgan fingerprint density at radius 2 is 1.90 bits per heavy atom. The van der Waals surface area contributed by atoms with E-state index in [0.717, 1.165) is 29.3 Å². The minimum Gasteiger partial charge on any atom is -0.461 e. The van der Waals surface area contributed by atoms with Gasteiger partial charge >= 0.3 is 5.97 Å². The summed E-state index contributed by atoms with van der Waals surface area (Å²) < 4.78 is 4.31. The van der Waals surface area contributed by atoms with Gasteiger partial charge in [-0.05, 0) is 61.9 Å². The summed E-state index contributed by atoms with van der Waals surface area (Å²) in [6, 6.07) is 13.2. The monoisotopic (exact) mass is 562 g/mol. The topological polar surface area (TPSA) is 87.1 Å². The summed E-state index contributed by atoms with van der Waals surface area (Å²) in [7, 11) is 0. The number of anilines is 1. The first-order valence-corrected chi connectivity index (χ1v) is 14.9. The molecular weight excluding hydrogens is 524 g/mol. The number of hydrogen-bond acceptors (Lipinski definition) is 6. The number of carbonyl (C=O) groups is 3. The first kappa shape index (κ1) is 28.4. The maximum atomic E-state index is 14.7. The van der Waals surface area contributed by atoms with Gasteiger partial charge in [-0.25, -0.2) is 0 Å². The Labute approximate surface area is 240 Å². The van der Waals surface area contributed by atoms with Crippen molar-refractivity contribution in [3.8, 4) is 0 Å². The van der Waals surface area contributed by atoms with E-state index in [0.29, 0.717) is 32.4 Å². The lowest BCUT2D eigenvalue weighted by atomic mass is 9.66. The first-order valence-electron chi connectivity index (χ1n) is 14.1. The lowest BCUT2D eigenvalue weighted by Gasteiger charge is -2.37. The van der Waals surface area contributed by atoms with Crippen LogP contribution < -0.4 is 4.90 Å². The second-order valence-electron chi connectivity index (χ2n) is 11.2. The van der Waals surface area contributed by atoms with Gasteiger partial charge in [0.15, 0.2) is 0 Å². The number of nitrogens with zero attached hydrogens (tertiary/aromatic N) is 2. The molecule has 40 heavy (non-hydrogen) atoms. The van der Waals surface area contributed by atoms with Crippen molar-refractivity contribution < 1.29 is 24.2 Å². The third-order valence-corrected chi connectivity index (χ3v) is 10.8. The van der Waals surface area contributed by atoms with E-state index >= 15 is 0 Å². The van der Waals surface area contributed by atoms with Crippen LogP contribution in [-0.4, -0.2) is 69.6 Å². The molecule has 3 heterocycles. The van der Waals surface area contributed by atoms with Gasteiger partial charge < -0.3 is 19.6 Å². The zero-order valence-corrected chi connectivity index (χ0v) is 23.9. The summed E-state index contributed by atoms with van der Waals surface area (Å²) in [5.74, 6) is -1.92. The second-order valence-corrected chi connectivity index (χ2v) is 13.1. The van der Waals surface area contributed by atoms with Gasteiger partial charge in [0.2, 0.25) is 5.91 Å². The molecule has 3 aliphatic rings. The van der Waals surface area contributed by atoms with Crippen LogP contribution in [0.3, 0.4) is 0 Å². The Balaban J connectivity index is 1.55. The fraction of sp³-hybridized carbons (Fsp3) is 0.469. The molecule has 3 saturated heterocycles. The van der Waals surface area contributed by atoms with Crippen molar-refractivity contribution in [2.75, 3.05) is 31.2 Å². The fourth-order valence-corrected chi connectivity index (χ4v) is 9.39. The van der Waals surface area contributed by atoms with E-state index < -0.39 is 27.4 Å². The normalized spacial score (nSPS) is 28.5. The molecule has 0 aromatic heterocycles. The van der Waals surface area contributed by atoms with Gasteiger partial charge in [-0.15, -0.1) is 18.3 Å². The highest BCUT2D eigenvalue weighted by Gasteiger charge is 2.77. The first-order chi connectivity index (χ1) is 19.3. The van der Waals surface area contributed by atoms with Crippen LogP contribution in [0.4, 0.5) is 5.69 Å². The maximum absolute atomic E-state index is 14.7. The fourth-order valence-electron chi connectivity index (χ4n) is 7.05. The van der Waals surface area contributed by atoms with Gasteiger partial charge in [0.05, 0.1) is 16.6 Å². The third kappa shape index (κ3) is 4.65. The Kier molecular flexibility index (Phi) is 8.11. The van der Waals surface area contributed by atoms with Crippen molar-refractivity contribution >= 4 is 46.0 Å². The molecule has 0 radical (unpaired) electrons. The summed E-state index contributed by atoms with van der Waals surface area (Å²) in [5, 5.41) is 11.4. The number of unbranched alkanes of at least 4 members (excludes halogenated alkanes) is 2. The molecule has 5 atom stereocenters. The van der Waals surface area contributed by atoms with E-state index in [1.54, 1.807) is 27.6 Å². The molecule has 7 nitrogen and oxygen atoms in total. The molecule has 2 bridgehead atoms. The summed E-state index contributed by atoms with van der Waals surface area (Å²) in [5.41, 5.74) is 0.752. The maximum Gasteiger partial charge on any atom is 0.311 e. The number of amides is 2. The van der Waals surface area contributed by atoms with Crippen LogP contribution in [0.5, 0.6) is 0 Å². The van der Waals surface area contributed by atoms with E-state index in [1.807, 2.05) is 49.4 Å². The molecule has 1 N–H and O–H groups in total. The van der Waals surface area contributed by atoms with E-state index in [4.69, 9.17) is 4.74 Å². The zero-order chi connectivity index (χ0) is 28.5.